The molecule has 0 fully saturated rings. The van der Waals surface area contributed by atoms with Gasteiger partial charge in [-0.3, -0.25) is 15.8 Å². The van der Waals surface area contributed by atoms with Crippen molar-refractivity contribution in [2.75, 3.05) is 12.8 Å². The number of fused-ring (bicyclic) bond motifs is 1. The average Bonchev–Trinajstić information content (AvgIpc) is 2.60. The quantitative estimate of drug-likeness (QED) is 0.327. The van der Waals surface area contributed by atoms with E-state index in [0.29, 0.717) is 15.7 Å². The van der Waals surface area contributed by atoms with Gasteiger partial charge in [0.2, 0.25) is 5.52 Å². The molecule has 122 valence electrons. The smallest absolute Gasteiger partial charge is 0.345 e. The summed E-state index contributed by atoms with van der Waals surface area (Å²) >= 11 is 0. The Hall–Kier alpha value is -3.62. The Balaban J connectivity index is 2.31. The van der Waals surface area contributed by atoms with Crippen LogP contribution in [0.4, 0.5) is 11.5 Å². The summed E-state index contributed by atoms with van der Waals surface area (Å²) in [4.78, 5) is 22.6. The van der Waals surface area contributed by atoms with E-state index in [2.05, 4.69) is 0 Å². The van der Waals surface area contributed by atoms with Gasteiger partial charge in [-0.1, -0.05) is 4.91 Å². The molecule has 0 saturated heterocycles. The fourth-order valence-electron chi connectivity index (χ4n) is 2.44. The number of nitrogens with two attached hydrogens (primary N) is 1. The summed E-state index contributed by atoms with van der Waals surface area (Å²) in [6.07, 6.45) is 0. The molecule has 3 rings (SSSR count). The van der Waals surface area contributed by atoms with Gasteiger partial charge in [0.15, 0.2) is 5.69 Å². The maximum atomic E-state index is 12.4. The molecular weight excluding hydrogens is 316 g/mol. The van der Waals surface area contributed by atoms with Crippen LogP contribution in [0.3, 0.4) is 0 Å². The highest BCUT2D eigenvalue weighted by molar-refractivity contribution is 5.80. The summed E-state index contributed by atoms with van der Waals surface area (Å²) in [6.45, 7) is 0. The lowest BCUT2D eigenvalue weighted by Gasteiger charge is -2.10. The van der Waals surface area contributed by atoms with Crippen LogP contribution in [0.5, 0.6) is 5.75 Å². The van der Waals surface area contributed by atoms with Crippen LogP contribution in [0.25, 0.3) is 22.3 Å². The molecule has 9 heteroatoms. The molecular formula is C15H13N4O5+. The third kappa shape index (κ3) is 2.28. The number of non-ortho nitro benzene ring substituents is 1. The van der Waals surface area contributed by atoms with Gasteiger partial charge >= 0.3 is 5.82 Å². The number of rotatable bonds is 3. The van der Waals surface area contributed by atoms with E-state index in [1.807, 2.05) is 0 Å². The van der Waals surface area contributed by atoms with Crippen molar-refractivity contribution in [2.45, 2.75) is 0 Å². The molecule has 0 aliphatic carbocycles. The number of ether oxygens (including phenoxy) is 1. The number of nitrogens with zero attached hydrogens (tertiary/aromatic N) is 3. The van der Waals surface area contributed by atoms with E-state index >= 15 is 0 Å². The Morgan fingerprint density at radius 2 is 1.92 bits per heavy atom. The Kier molecular flexibility index (Phi) is 3.53. The lowest BCUT2D eigenvalue weighted by atomic mass is 10.1. The van der Waals surface area contributed by atoms with Gasteiger partial charge in [-0.15, -0.1) is 0 Å². The van der Waals surface area contributed by atoms with Crippen LogP contribution in [0.2, 0.25) is 0 Å². The number of benzene rings is 2. The highest BCUT2D eigenvalue weighted by Crippen LogP contribution is 2.28. The van der Waals surface area contributed by atoms with E-state index in [9.17, 15) is 20.2 Å². The minimum atomic E-state index is -0.542. The number of aromatic nitrogens is 2. The fourth-order valence-corrected chi connectivity index (χ4v) is 2.44. The molecule has 3 N–H and O–H groups in total. The molecule has 1 aromatic heterocycles. The van der Waals surface area contributed by atoms with Gasteiger partial charge in [0.1, 0.15) is 11.3 Å². The van der Waals surface area contributed by atoms with Crippen molar-refractivity contribution in [3.63, 3.8) is 0 Å². The highest BCUT2D eigenvalue weighted by atomic mass is 16.6. The molecule has 0 unspecified atom stereocenters. The topological polar surface area (TPSA) is 127 Å². The lowest BCUT2D eigenvalue weighted by molar-refractivity contribution is -0.447. The second-order valence-corrected chi connectivity index (χ2v) is 5.00. The van der Waals surface area contributed by atoms with Gasteiger partial charge in [0, 0.05) is 28.2 Å². The third-order valence-corrected chi connectivity index (χ3v) is 3.65. The molecule has 9 nitrogen and oxygen atoms in total. The second-order valence-electron chi connectivity index (χ2n) is 5.00. The third-order valence-electron chi connectivity index (χ3n) is 3.65. The van der Waals surface area contributed by atoms with Crippen molar-refractivity contribution in [3.05, 3.63) is 57.5 Å². The number of anilines is 1. The first-order valence-electron chi connectivity index (χ1n) is 6.83. The second kappa shape index (κ2) is 5.54. The van der Waals surface area contributed by atoms with Crippen LogP contribution in [0, 0.1) is 15.0 Å². The summed E-state index contributed by atoms with van der Waals surface area (Å²) in [6, 6.07) is 9.87. The molecule has 0 saturated carbocycles. The molecule has 0 atom stereocenters. The van der Waals surface area contributed by atoms with Crippen LogP contribution >= 0.6 is 0 Å². The van der Waals surface area contributed by atoms with Gasteiger partial charge < -0.3 is 9.94 Å². The van der Waals surface area contributed by atoms with Crippen LogP contribution in [-0.2, 0) is 0 Å². The van der Waals surface area contributed by atoms with Crippen LogP contribution < -0.4 is 14.9 Å². The van der Waals surface area contributed by atoms with Crippen molar-refractivity contribution in [2.24, 2.45) is 0 Å². The van der Waals surface area contributed by atoms with Crippen molar-refractivity contribution in [1.82, 2.24) is 4.73 Å². The zero-order chi connectivity index (χ0) is 17.4. The van der Waals surface area contributed by atoms with E-state index < -0.39 is 4.92 Å². The zero-order valence-electron chi connectivity index (χ0n) is 12.5. The maximum Gasteiger partial charge on any atom is 0.345 e. The molecule has 0 spiro atoms. The minimum absolute atomic E-state index is 0.0284. The largest absolute Gasteiger partial charge is 0.497 e. The number of hydrogen-bond acceptors (Lipinski definition) is 6. The predicted octanol–water partition coefficient (Wildman–Crippen LogP) is 1.96. The molecule has 0 bridgehead atoms. The number of nitrogen functional groups attached to an aromatic ring is 1. The first kappa shape index (κ1) is 15.3. The zero-order valence-corrected chi connectivity index (χ0v) is 12.5. The monoisotopic (exact) mass is 329 g/mol. The fraction of sp³-hybridized carbons (Fsp3) is 0.0667. The van der Waals surface area contributed by atoms with Gasteiger partial charge in [0.05, 0.1) is 12.0 Å². The number of nitro groups is 1. The summed E-state index contributed by atoms with van der Waals surface area (Å²) in [7, 11) is 1.46. The maximum absolute atomic E-state index is 12.4. The van der Waals surface area contributed by atoms with Gasteiger partial charge in [-0.05, 0) is 24.3 Å². The Morgan fingerprint density at radius 1 is 1.25 bits per heavy atom. The van der Waals surface area contributed by atoms with Crippen molar-refractivity contribution in [1.29, 1.82) is 0 Å². The van der Waals surface area contributed by atoms with E-state index in [1.54, 1.807) is 6.07 Å². The lowest BCUT2D eigenvalue weighted by Crippen LogP contribution is -2.25. The number of nitro benzene ring substituents is 1. The average molecular weight is 329 g/mol. The summed E-state index contributed by atoms with van der Waals surface area (Å²) < 4.78 is 6.34. The molecule has 0 aliphatic rings. The molecule has 0 radical (unpaired) electrons. The van der Waals surface area contributed by atoms with Crippen LogP contribution in [0.15, 0.2) is 42.5 Å². The SMILES string of the molecule is COc1ccc2c(c1)n(O)c(-c1ccc([N+](=O)[O-])cc1)c(N)[n+]2=O. The highest BCUT2D eigenvalue weighted by Gasteiger charge is 2.22. The van der Waals surface area contributed by atoms with E-state index in [4.69, 9.17) is 10.5 Å². The minimum Gasteiger partial charge on any atom is -0.497 e. The summed E-state index contributed by atoms with van der Waals surface area (Å²) in [5.41, 5.74) is 6.47. The predicted molar refractivity (Wildman–Crippen MR) is 85.5 cm³/mol. The Morgan fingerprint density at radius 3 is 2.50 bits per heavy atom. The Bertz CT molecular complexity index is 1010. The first-order chi connectivity index (χ1) is 11.4. The van der Waals surface area contributed by atoms with Crippen LogP contribution in [-0.4, -0.2) is 22.0 Å². The number of hydrogen-bond donors (Lipinski definition) is 2. The molecule has 0 amide bonds. The van der Waals surface area contributed by atoms with Gasteiger partial charge in [0.25, 0.3) is 5.69 Å². The Labute approximate surface area is 134 Å². The standard InChI is InChI=1S/C15H13N4O5/c1-24-11-6-7-12-13(8-11)17(20)14(15(16)18(12)21)9-2-4-10(5-3-9)19(22)23/h2-8,20H,16H2,1H3/q+1. The number of methoxy groups -OCH3 is 1. The van der Waals surface area contributed by atoms with Gasteiger partial charge in [-0.25, -0.2) is 0 Å². The molecule has 1 heterocycles. The summed E-state index contributed by atoms with van der Waals surface area (Å²) in [5.74, 6) is 0.216. The van der Waals surface area contributed by atoms with Crippen LogP contribution in [0.1, 0.15) is 0 Å². The molecule has 0 aliphatic heterocycles. The van der Waals surface area contributed by atoms with Gasteiger partial charge in [-0.2, -0.15) is 4.73 Å². The normalized spacial score (nSPS) is 10.7. The molecule has 24 heavy (non-hydrogen) atoms. The van der Waals surface area contributed by atoms with E-state index in [1.165, 1.54) is 43.5 Å². The van der Waals surface area contributed by atoms with Crippen molar-refractivity contribution < 1.29 is 19.3 Å². The first-order valence-corrected chi connectivity index (χ1v) is 6.83. The molecule has 2 aromatic carbocycles. The van der Waals surface area contributed by atoms with E-state index in [0.717, 1.165) is 4.73 Å². The van der Waals surface area contributed by atoms with Crippen molar-refractivity contribution in [3.8, 4) is 17.0 Å². The summed E-state index contributed by atoms with van der Waals surface area (Å²) in [5, 5.41) is 21.2. The van der Waals surface area contributed by atoms with E-state index in [-0.39, 0.29) is 28.2 Å². The molecule has 3 aromatic rings. The van der Waals surface area contributed by atoms with Crippen molar-refractivity contribution >= 4 is 22.5 Å².